The van der Waals surface area contributed by atoms with E-state index in [4.69, 9.17) is 16.7 Å². The van der Waals surface area contributed by atoms with E-state index in [1.807, 2.05) is 37.3 Å². The van der Waals surface area contributed by atoms with Gasteiger partial charge in [0.05, 0.1) is 12.3 Å². The van der Waals surface area contributed by atoms with Crippen LogP contribution in [-0.2, 0) is 9.59 Å². The number of anilines is 1. The summed E-state index contributed by atoms with van der Waals surface area (Å²) < 4.78 is 0. The molecule has 0 aliphatic carbocycles. The minimum absolute atomic E-state index is 0.209. The fraction of sp³-hybridized carbons (Fsp3) is 0.222. The lowest BCUT2D eigenvalue weighted by Crippen LogP contribution is -2.29. The van der Waals surface area contributed by atoms with Gasteiger partial charge in [-0.3, -0.25) is 9.59 Å². The number of nitrogens with one attached hydrogen (secondary N) is 1. The molecule has 2 aromatic rings. The van der Waals surface area contributed by atoms with Gasteiger partial charge < -0.3 is 10.4 Å². The van der Waals surface area contributed by atoms with Crippen LogP contribution in [0.25, 0.3) is 0 Å². The fourth-order valence-electron chi connectivity index (χ4n) is 2.44. The standard InChI is InChI=1S/C18H18ClNO3/c1-12(13-5-3-2-4-6-13)16(11-17(21)22)18(23)20-15-9-7-14(19)8-10-15/h2-10,12,16H,11H2,1H3,(H,20,23)(H,21,22). The molecule has 0 aromatic heterocycles. The Kier molecular flexibility index (Phi) is 5.77. The van der Waals surface area contributed by atoms with Gasteiger partial charge in [-0.25, -0.2) is 0 Å². The highest BCUT2D eigenvalue weighted by atomic mass is 35.5. The number of carboxylic acids is 1. The van der Waals surface area contributed by atoms with Crippen molar-refractivity contribution in [2.24, 2.45) is 5.92 Å². The van der Waals surface area contributed by atoms with E-state index in [1.54, 1.807) is 24.3 Å². The van der Waals surface area contributed by atoms with Crippen LogP contribution in [0.1, 0.15) is 24.8 Å². The van der Waals surface area contributed by atoms with Gasteiger partial charge in [0.2, 0.25) is 5.91 Å². The number of rotatable bonds is 6. The molecule has 0 bridgehead atoms. The van der Waals surface area contributed by atoms with Crippen molar-refractivity contribution in [1.29, 1.82) is 0 Å². The lowest BCUT2D eigenvalue weighted by atomic mass is 9.84. The zero-order valence-corrected chi connectivity index (χ0v) is 13.5. The third-order valence-electron chi connectivity index (χ3n) is 3.77. The van der Waals surface area contributed by atoms with Crippen molar-refractivity contribution >= 4 is 29.2 Å². The Morgan fingerprint density at radius 1 is 1.09 bits per heavy atom. The largest absolute Gasteiger partial charge is 0.481 e. The number of carboxylic acid groups (broad SMARTS) is 1. The molecule has 2 rings (SSSR count). The molecule has 4 nitrogen and oxygen atoms in total. The highest BCUT2D eigenvalue weighted by Gasteiger charge is 2.28. The van der Waals surface area contributed by atoms with Crippen molar-refractivity contribution < 1.29 is 14.7 Å². The third-order valence-corrected chi connectivity index (χ3v) is 4.02. The Morgan fingerprint density at radius 3 is 2.26 bits per heavy atom. The molecule has 2 aromatic carbocycles. The van der Waals surface area contributed by atoms with Crippen LogP contribution < -0.4 is 5.32 Å². The zero-order chi connectivity index (χ0) is 16.8. The predicted octanol–water partition coefficient (Wildman–Crippen LogP) is 4.17. The first-order chi connectivity index (χ1) is 11.0. The van der Waals surface area contributed by atoms with E-state index < -0.39 is 11.9 Å². The second-order valence-corrected chi connectivity index (χ2v) is 5.84. The normalized spacial score (nSPS) is 13.1. The van der Waals surface area contributed by atoms with E-state index in [0.717, 1.165) is 5.56 Å². The van der Waals surface area contributed by atoms with Crippen molar-refractivity contribution in [3.05, 3.63) is 65.2 Å². The fourth-order valence-corrected chi connectivity index (χ4v) is 2.57. The Balaban J connectivity index is 2.18. The molecule has 0 saturated carbocycles. The molecule has 0 fully saturated rings. The highest BCUT2D eigenvalue weighted by Crippen LogP contribution is 2.28. The first-order valence-electron chi connectivity index (χ1n) is 7.30. The summed E-state index contributed by atoms with van der Waals surface area (Å²) in [5.41, 5.74) is 1.53. The van der Waals surface area contributed by atoms with Crippen molar-refractivity contribution in [2.75, 3.05) is 5.32 Å². The highest BCUT2D eigenvalue weighted by molar-refractivity contribution is 6.30. The summed E-state index contributed by atoms with van der Waals surface area (Å²) in [4.78, 5) is 23.7. The number of halogens is 1. The van der Waals surface area contributed by atoms with E-state index in [0.29, 0.717) is 10.7 Å². The number of carbonyl (C=O) groups is 2. The Hall–Kier alpha value is -2.33. The first kappa shape index (κ1) is 17.0. The molecule has 0 saturated heterocycles. The van der Waals surface area contributed by atoms with E-state index in [9.17, 15) is 9.59 Å². The lowest BCUT2D eigenvalue weighted by Gasteiger charge is -2.22. The van der Waals surface area contributed by atoms with Crippen LogP contribution in [0.5, 0.6) is 0 Å². The molecular formula is C18H18ClNO3. The molecule has 0 radical (unpaired) electrons. The number of amides is 1. The topological polar surface area (TPSA) is 66.4 Å². The monoisotopic (exact) mass is 331 g/mol. The Morgan fingerprint density at radius 2 is 1.70 bits per heavy atom. The van der Waals surface area contributed by atoms with Crippen molar-refractivity contribution in [1.82, 2.24) is 0 Å². The van der Waals surface area contributed by atoms with Gasteiger partial charge in [-0.05, 0) is 35.7 Å². The second kappa shape index (κ2) is 7.79. The summed E-state index contributed by atoms with van der Waals surface area (Å²) in [6.07, 6.45) is -0.227. The summed E-state index contributed by atoms with van der Waals surface area (Å²) in [5.74, 6) is -2.18. The number of benzene rings is 2. The second-order valence-electron chi connectivity index (χ2n) is 5.40. The van der Waals surface area contributed by atoms with Gasteiger partial charge in [0, 0.05) is 10.7 Å². The number of aliphatic carboxylic acids is 1. The van der Waals surface area contributed by atoms with Crippen LogP contribution in [-0.4, -0.2) is 17.0 Å². The number of hydrogen-bond donors (Lipinski definition) is 2. The summed E-state index contributed by atoms with van der Waals surface area (Å²) >= 11 is 5.82. The Bertz CT molecular complexity index is 670. The lowest BCUT2D eigenvalue weighted by molar-refractivity contribution is -0.140. The van der Waals surface area contributed by atoms with E-state index in [1.165, 1.54) is 0 Å². The molecule has 0 heterocycles. The smallest absolute Gasteiger partial charge is 0.304 e. The molecular weight excluding hydrogens is 314 g/mol. The number of hydrogen-bond acceptors (Lipinski definition) is 2. The maximum atomic E-state index is 12.5. The molecule has 2 atom stereocenters. The van der Waals surface area contributed by atoms with Gasteiger partial charge >= 0.3 is 5.97 Å². The first-order valence-corrected chi connectivity index (χ1v) is 7.68. The van der Waals surface area contributed by atoms with Crippen LogP contribution in [0.4, 0.5) is 5.69 Å². The maximum Gasteiger partial charge on any atom is 0.304 e. The molecule has 120 valence electrons. The molecule has 2 N–H and O–H groups in total. The summed E-state index contributed by atoms with van der Waals surface area (Å²) in [5, 5.41) is 12.5. The van der Waals surface area contributed by atoms with Crippen LogP contribution in [0.3, 0.4) is 0 Å². The molecule has 0 aliphatic rings. The van der Waals surface area contributed by atoms with Gasteiger partial charge in [-0.1, -0.05) is 48.9 Å². The van der Waals surface area contributed by atoms with Crippen LogP contribution in [0, 0.1) is 5.92 Å². The van der Waals surface area contributed by atoms with Crippen LogP contribution >= 0.6 is 11.6 Å². The SMILES string of the molecule is CC(c1ccccc1)C(CC(=O)O)C(=O)Nc1ccc(Cl)cc1. The van der Waals surface area contributed by atoms with Gasteiger partial charge in [0.15, 0.2) is 0 Å². The predicted molar refractivity (Wildman–Crippen MR) is 90.7 cm³/mol. The summed E-state index contributed by atoms with van der Waals surface area (Å²) in [6, 6.07) is 16.1. The van der Waals surface area contributed by atoms with Crippen LogP contribution in [0.2, 0.25) is 5.02 Å². The number of carbonyl (C=O) groups excluding carboxylic acids is 1. The van der Waals surface area contributed by atoms with E-state index in [2.05, 4.69) is 5.32 Å². The Labute approximate surface area is 140 Å². The van der Waals surface area contributed by atoms with Crippen molar-refractivity contribution in [3.8, 4) is 0 Å². The van der Waals surface area contributed by atoms with Gasteiger partial charge in [-0.15, -0.1) is 0 Å². The van der Waals surface area contributed by atoms with Crippen LogP contribution in [0.15, 0.2) is 54.6 Å². The zero-order valence-electron chi connectivity index (χ0n) is 12.7. The summed E-state index contributed by atoms with van der Waals surface area (Å²) in [6.45, 7) is 1.87. The molecule has 0 spiro atoms. The average Bonchev–Trinajstić information content (AvgIpc) is 2.54. The molecule has 2 unspecified atom stereocenters. The van der Waals surface area contributed by atoms with Gasteiger partial charge in [0.1, 0.15) is 0 Å². The van der Waals surface area contributed by atoms with E-state index in [-0.39, 0.29) is 18.2 Å². The summed E-state index contributed by atoms with van der Waals surface area (Å²) in [7, 11) is 0. The van der Waals surface area contributed by atoms with Crippen molar-refractivity contribution in [2.45, 2.75) is 19.3 Å². The molecule has 1 amide bonds. The van der Waals surface area contributed by atoms with Gasteiger partial charge in [0.25, 0.3) is 0 Å². The quantitative estimate of drug-likeness (QED) is 0.834. The minimum Gasteiger partial charge on any atom is -0.481 e. The minimum atomic E-state index is -0.996. The molecule has 0 aliphatic heterocycles. The molecule has 5 heteroatoms. The average molecular weight is 332 g/mol. The van der Waals surface area contributed by atoms with Crippen molar-refractivity contribution in [3.63, 3.8) is 0 Å². The van der Waals surface area contributed by atoms with Gasteiger partial charge in [-0.2, -0.15) is 0 Å². The maximum absolute atomic E-state index is 12.5. The molecule has 23 heavy (non-hydrogen) atoms. The van der Waals surface area contributed by atoms with E-state index >= 15 is 0 Å². The third kappa shape index (κ3) is 4.83.